The van der Waals surface area contributed by atoms with Crippen molar-refractivity contribution in [3.8, 4) is 11.4 Å². The van der Waals surface area contributed by atoms with Gasteiger partial charge in [-0.15, -0.1) is 10.2 Å². The van der Waals surface area contributed by atoms with Crippen molar-refractivity contribution in [3.63, 3.8) is 0 Å². The van der Waals surface area contributed by atoms with Gasteiger partial charge in [-0.3, -0.25) is 4.90 Å². The number of piperidine rings is 1. The number of aromatic nitrogens is 3. The third kappa shape index (κ3) is 2.56. The van der Waals surface area contributed by atoms with Gasteiger partial charge in [0, 0.05) is 31.2 Å². The fourth-order valence-corrected chi connectivity index (χ4v) is 4.40. The molecule has 1 saturated heterocycles. The summed E-state index contributed by atoms with van der Waals surface area (Å²) >= 11 is 0. The molecule has 5 heteroatoms. The van der Waals surface area contributed by atoms with Crippen LogP contribution in [0.25, 0.3) is 11.4 Å². The Morgan fingerprint density at radius 2 is 1.75 bits per heavy atom. The highest BCUT2D eigenvalue weighted by Gasteiger charge is 2.43. The molecule has 1 spiro atoms. The van der Waals surface area contributed by atoms with E-state index in [0.717, 1.165) is 37.8 Å². The van der Waals surface area contributed by atoms with Gasteiger partial charge in [-0.25, -0.2) is 0 Å². The smallest absolute Gasteiger partial charge is 0.164 e. The van der Waals surface area contributed by atoms with Crippen molar-refractivity contribution < 1.29 is 0 Å². The van der Waals surface area contributed by atoms with Crippen LogP contribution in [0, 0.1) is 0 Å². The molecular formula is C19H27N5. The van der Waals surface area contributed by atoms with Crippen molar-refractivity contribution in [2.24, 2.45) is 0 Å². The molecular weight excluding hydrogens is 298 g/mol. The minimum atomic E-state index is 0.127. The van der Waals surface area contributed by atoms with Gasteiger partial charge in [0.05, 0.1) is 12.1 Å². The Bertz CT molecular complexity index is 698. The van der Waals surface area contributed by atoms with Crippen LogP contribution in [0.1, 0.15) is 32.5 Å². The van der Waals surface area contributed by atoms with E-state index in [0.29, 0.717) is 6.04 Å². The van der Waals surface area contributed by atoms with E-state index in [1.54, 1.807) is 0 Å². The van der Waals surface area contributed by atoms with Crippen molar-refractivity contribution in [3.05, 3.63) is 36.2 Å². The molecule has 128 valence electrons. The Hall–Kier alpha value is -1.72. The van der Waals surface area contributed by atoms with E-state index < -0.39 is 0 Å². The normalized spacial score (nSPS) is 21.3. The highest BCUT2D eigenvalue weighted by Crippen LogP contribution is 2.39. The summed E-state index contributed by atoms with van der Waals surface area (Å²) in [6, 6.07) is 11.1. The number of likely N-dealkylation sites (N-methyl/N-ethyl adjacent to an activating group) is 1. The van der Waals surface area contributed by atoms with E-state index in [-0.39, 0.29) is 5.54 Å². The Kier molecular flexibility index (Phi) is 3.93. The average Bonchev–Trinajstić information content (AvgIpc) is 3.00. The summed E-state index contributed by atoms with van der Waals surface area (Å²) in [6.07, 6.45) is 2.33. The lowest BCUT2D eigenvalue weighted by atomic mass is 9.84. The van der Waals surface area contributed by atoms with Crippen LogP contribution in [0.3, 0.4) is 0 Å². The summed E-state index contributed by atoms with van der Waals surface area (Å²) in [6.45, 7) is 8.86. The lowest BCUT2D eigenvalue weighted by molar-refractivity contribution is 0.0408. The minimum absolute atomic E-state index is 0.127. The van der Waals surface area contributed by atoms with Crippen LogP contribution in [0.5, 0.6) is 0 Å². The SMILES string of the molecule is CC(C)N1CCC2(CC1)CN(C)Cc1nnc(-c3ccccc3)n12. The zero-order chi connectivity index (χ0) is 16.7. The highest BCUT2D eigenvalue weighted by atomic mass is 15.4. The van der Waals surface area contributed by atoms with E-state index in [2.05, 4.69) is 75.8 Å². The predicted molar refractivity (Wildman–Crippen MR) is 95.7 cm³/mol. The topological polar surface area (TPSA) is 37.2 Å². The number of fused-ring (bicyclic) bond motifs is 2. The molecule has 0 atom stereocenters. The van der Waals surface area contributed by atoms with Crippen LogP contribution >= 0.6 is 0 Å². The molecule has 3 heterocycles. The van der Waals surface area contributed by atoms with Gasteiger partial charge in [0.25, 0.3) is 0 Å². The molecule has 5 nitrogen and oxygen atoms in total. The second kappa shape index (κ2) is 5.97. The van der Waals surface area contributed by atoms with Crippen LogP contribution < -0.4 is 0 Å². The van der Waals surface area contributed by atoms with Gasteiger partial charge in [-0.2, -0.15) is 0 Å². The second-order valence-corrected chi connectivity index (χ2v) is 7.67. The average molecular weight is 325 g/mol. The Morgan fingerprint density at radius 3 is 2.42 bits per heavy atom. The lowest BCUT2D eigenvalue weighted by Gasteiger charge is -2.49. The maximum atomic E-state index is 4.58. The summed E-state index contributed by atoms with van der Waals surface area (Å²) in [5.41, 5.74) is 1.30. The Balaban J connectivity index is 1.75. The van der Waals surface area contributed by atoms with Crippen LogP contribution in [-0.4, -0.2) is 57.3 Å². The lowest BCUT2D eigenvalue weighted by Crippen LogP contribution is -2.56. The first-order valence-corrected chi connectivity index (χ1v) is 9.02. The van der Waals surface area contributed by atoms with Crippen molar-refractivity contribution in [2.45, 2.75) is 44.8 Å². The van der Waals surface area contributed by atoms with Crippen LogP contribution in [0.4, 0.5) is 0 Å². The number of likely N-dealkylation sites (tertiary alicyclic amines) is 1. The molecule has 1 fully saturated rings. The van der Waals surface area contributed by atoms with Crippen molar-refractivity contribution in [2.75, 3.05) is 26.7 Å². The number of benzene rings is 1. The molecule has 0 amide bonds. The van der Waals surface area contributed by atoms with E-state index in [4.69, 9.17) is 0 Å². The zero-order valence-corrected chi connectivity index (χ0v) is 14.9. The van der Waals surface area contributed by atoms with Crippen LogP contribution in [-0.2, 0) is 12.1 Å². The number of hydrogen-bond acceptors (Lipinski definition) is 4. The monoisotopic (exact) mass is 325 g/mol. The molecule has 1 aromatic heterocycles. The van der Waals surface area contributed by atoms with Gasteiger partial charge < -0.3 is 9.47 Å². The van der Waals surface area contributed by atoms with Crippen molar-refractivity contribution in [1.82, 2.24) is 24.6 Å². The fourth-order valence-electron chi connectivity index (χ4n) is 4.40. The molecule has 0 radical (unpaired) electrons. The number of hydrogen-bond donors (Lipinski definition) is 0. The van der Waals surface area contributed by atoms with Gasteiger partial charge in [-0.1, -0.05) is 30.3 Å². The molecule has 2 aliphatic heterocycles. The maximum absolute atomic E-state index is 4.58. The Morgan fingerprint density at radius 1 is 1.04 bits per heavy atom. The summed E-state index contributed by atoms with van der Waals surface area (Å²) in [4.78, 5) is 5.00. The standard InChI is InChI=1S/C19H27N5/c1-15(2)23-11-9-19(10-12-23)14-22(3)13-17-20-21-18(24(17)19)16-7-5-4-6-8-16/h4-8,15H,9-14H2,1-3H3. The Labute approximate surface area is 144 Å². The van der Waals surface area contributed by atoms with E-state index >= 15 is 0 Å². The molecule has 4 rings (SSSR count). The van der Waals surface area contributed by atoms with E-state index in [1.165, 1.54) is 18.4 Å². The van der Waals surface area contributed by atoms with E-state index in [9.17, 15) is 0 Å². The largest absolute Gasteiger partial charge is 0.302 e. The van der Waals surface area contributed by atoms with Gasteiger partial charge in [-0.05, 0) is 33.7 Å². The highest BCUT2D eigenvalue weighted by molar-refractivity contribution is 5.55. The van der Waals surface area contributed by atoms with Crippen LogP contribution in [0.15, 0.2) is 30.3 Å². The molecule has 24 heavy (non-hydrogen) atoms. The molecule has 0 N–H and O–H groups in total. The minimum Gasteiger partial charge on any atom is -0.302 e. The molecule has 0 unspecified atom stereocenters. The number of rotatable bonds is 2. The van der Waals surface area contributed by atoms with Crippen molar-refractivity contribution in [1.29, 1.82) is 0 Å². The summed E-state index contributed by atoms with van der Waals surface area (Å²) in [5, 5.41) is 9.12. The third-order valence-electron chi connectivity index (χ3n) is 5.67. The summed E-state index contributed by atoms with van der Waals surface area (Å²) in [5.74, 6) is 2.15. The quantitative estimate of drug-likeness (QED) is 0.850. The molecule has 0 bridgehead atoms. The molecule has 0 aliphatic carbocycles. The molecule has 2 aliphatic rings. The van der Waals surface area contributed by atoms with Gasteiger partial charge in [0.15, 0.2) is 5.82 Å². The fraction of sp³-hybridized carbons (Fsp3) is 0.579. The second-order valence-electron chi connectivity index (χ2n) is 7.67. The van der Waals surface area contributed by atoms with Crippen molar-refractivity contribution >= 4 is 0 Å². The molecule has 0 saturated carbocycles. The van der Waals surface area contributed by atoms with Gasteiger partial charge in [0.1, 0.15) is 5.82 Å². The van der Waals surface area contributed by atoms with Gasteiger partial charge >= 0.3 is 0 Å². The zero-order valence-electron chi connectivity index (χ0n) is 14.9. The first-order chi connectivity index (χ1) is 11.6. The predicted octanol–water partition coefficient (Wildman–Crippen LogP) is 2.59. The van der Waals surface area contributed by atoms with E-state index in [1.807, 2.05) is 0 Å². The summed E-state index contributed by atoms with van der Waals surface area (Å²) < 4.78 is 2.47. The third-order valence-corrected chi connectivity index (χ3v) is 5.67. The maximum Gasteiger partial charge on any atom is 0.164 e. The van der Waals surface area contributed by atoms with Crippen LogP contribution in [0.2, 0.25) is 0 Å². The van der Waals surface area contributed by atoms with Gasteiger partial charge in [0.2, 0.25) is 0 Å². The number of nitrogens with zero attached hydrogens (tertiary/aromatic N) is 5. The summed E-state index contributed by atoms with van der Waals surface area (Å²) in [7, 11) is 2.21. The molecule has 1 aromatic carbocycles. The first-order valence-electron chi connectivity index (χ1n) is 9.02. The molecule has 2 aromatic rings. The first kappa shape index (κ1) is 15.8.